The number of aromatic nitrogens is 2. The van der Waals surface area contributed by atoms with Crippen LogP contribution in [-0.2, 0) is 5.41 Å². The van der Waals surface area contributed by atoms with E-state index in [4.69, 9.17) is 4.52 Å². The molecule has 0 spiro atoms. The van der Waals surface area contributed by atoms with Crippen LogP contribution in [0.3, 0.4) is 0 Å². The molecular formula is C9H14ClN3O. The van der Waals surface area contributed by atoms with Gasteiger partial charge in [-0.3, -0.25) is 0 Å². The second-order valence-corrected chi connectivity index (χ2v) is 4.17. The molecule has 4 nitrogen and oxygen atoms in total. The number of fused-ring (bicyclic) bond motifs is 1. The zero-order valence-corrected chi connectivity index (χ0v) is 8.93. The van der Waals surface area contributed by atoms with Gasteiger partial charge in [-0.1, -0.05) is 5.16 Å². The first-order valence-electron chi connectivity index (χ1n) is 4.83. The van der Waals surface area contributed by atoms with E-state index in [1.807, 2.05) is 6.92 Å². The van der Waals surface area contributed by atoms with Crippen LogP contribution < -0.4 is 5.32 Å². The van der Waals surface area contributed by atoms with E-state index >= 15 is 0 Å². The van der Waals surface area contributed by atoms with Gasteiger partial charge in [0.1, 0.15) is 0 Å². The van der Waals surface area contributed by atoms with Crippen molar-refractivity contribution < 1.29 is 4.52 Å². The van der Waals surface area contributed by atoms with Gasteiger partial charge in [-0.05, 0) is 32.2 Å². The zero-order chi connectivity index (χ0) is 8.89. The normalized spacial score (nSPS) is 34.5. The number of hydrogen-bond acceptors (Lipinski definition) is 4. The van der Waals surface area contributed by atoms with Crippen LogP contribution >= 0.6 is 12.4 Å². The number of hydrogen-bond donors (Lipinski definition) is 1. The maximum Gasteiger partial charge on any atom is 0.234 e. The van der Waals surface area contributed by atoms with E-state index in [-0.39, 0.29) is 17.8 Å². The quantitative estimate of drug-likeness (QED) is 0.761. The Bertz CT molecular complexity index is 341. The Balaban J connectivity index is 0.000000750. The third-order valence-corrected chi connectivity index (χ3v) is 3.30. The van der Waals surface area contributed by atoms with Gasteiger partial charge in [0.05, 0.1) is 5.41 Å². The minimum Gasteiger partial charge on any atom is -0.339 e. The van der Waals surface area contributed by atoms with Crippen LogP contribution in [0.15, 0.2) is 4.52 Å². The summed E-state index contributed by atoms with van der Waals surface area (Å²) < 4.78 is 5.25. The molecule has 0 radical (unpaired) electrons. The van der Waals surface area contributed by atoms with Crippen LogP contribution in [0.4, 0.5) is 0 Å². The average Bonchev–Trinajstić information content (AvgIpc) is 2.74. The molecule has 1 N–H and O–H groups in total. The summed E-state index contributed by atoms with van der Waals surface area (Å²) in [6.45, 7) is 4.02. The summed E-state index contributed by atoms with van der Waals surface area (Å²) in [5.41, 5.74) is 0.208. The van der Waals surface area contributed by atoms with Crippen molar-refractivity contribution in [2.45, 2.75) is 25.2 Å². The molecule has 2 heterocycles. The molecule has 2 aliphatic rings. The summed E-state index contributed by atoms with van der Waals surface area (Å²) in [5, 5.41) is 7.25. The molecule has 1 aromatic rings. The summed E-state index contributed by atoms with van der Waals surface area (Å²) in [7, 11) is 0. The molecule has 78 valence electrons. The highest BCUT2D eigenvalue weighted by Gasteiger charge is 2.59. The lowest BCUT2D eigenvalue weighted by Gasteiger charge is -2.18. The minimum atomic E-state index is 0. The summed E-state index contributed by atoms with van der Waals surface area (Å²) in [5.74, 6) is 2.39. The molecule has 2 unspecified atom stereocenters. The van der Waals surface area contributed by atoms with Gasteiger partial charge in [-0.2, -0.15) is 4.98 Å². The third kappa shape index (κ3) is 1.25. The van der Waals surface area contributed by atoms with Crippen LogP contribution in [-0.4, -0.2) is 23.2 Å². The van der Waals surface area contributed by atoms with Crippen molar-refractivity contribution in [3.05, 3.63) is 11.7 Å². The Morgan fingerprint density at radius 2 is 2.43 bits per heavy atom. The molecule has 14 heavy (non-hydrogen) atoms. The van der Waals surface area contributed by atoms with Crippen molar-refractivity contribution in [1.82, 2.24) is 15.5 Å². The fraction of sp³-hybridized carbons (Fsp3) is 0.778. The number of rotatable bonds is 1. The van der Waals surface area contributed by atoms with E-state index in [0.29, 0.717) is 0 Å². The predicted octanol–water partition coefficient (Wildman–Crippen LogP) is 1.05. The minimum absolute atomic E-state index is 0. The van der Waals surface area contributed by atoms with Gasteiger partial charge in [-0.25, -0.2) is 0 Å². The fourth-order valence-electron chi connectivity index (χ4n) is 2.40. The highest BCUT2D eigenvalue weighted by Crippen LogP contribution is 2.56. The van der Waals surface area contributed by atoms with Crippen LogP contribution in [0.2, 0.25) is 0 Å². The molecule has 5 heteroatoms. The van der Waals surface area contributed by atoms with Crippen LogP contribution in [0.25, 0.3) is 0 Å². The Kier molecular flexibility index (Phi) is 2.27. The Morgan fingerprint density at radius 3 is 3.07 bits per heavy atom. The number of nitrogens with zero attached hydrogens (tertiary/aromatic N) is 2. The van der Waals surface area contributed by atoms with Gasteiger partial charge in [0.15, 0.2) is 5.82 Å². The van der Waals surface area contributed by atoms with Gasteiger partial charge in [0.25, 0.3) is 0 Å². The third-order valence-electron chi connectivity index (χ3n) is 3.30. The summed E-state index contributed by atoms with van der Waals surface area (Å²) in [4.78, 5) is 4.33. The standard InChI is InChI=1S/C9H13N3O.ClH/c1-6-11-8(13-12-6)9-4-7(9)2-3-10-5-9;/h7,10H,2-5H2,1H3;1H. The largest absolute Gasteiger partial charge is 0.339 e. The molecule has 3 rings (SSSR count). The average molecular weight is 216 g/mol. The summed E-state index contributed by atoms with van der Waals surface area (Å²) in [6, 6.07) is 0. The van der Waals surface area contributed by atoms with Crippen LogP contribution in [0, 0.1) is 12.8 Å². The number of halogens is 1. The first-order valence-corrected chi connectivity index (χ1v) is 4.83. The van der Waals surface area contributed by atoms with Crippen molar-refractivity contribution in [2.75, 3.05) is 13.1 Å². The van der Waals surface area contributed by atoms with Crippen molar-refractivity contribution in [3.8, 4) is 0 Å². The maximum absolute atomic E-state index is 5.25. The van der Waals surface area contributed by atoms with E-state index in [2.05, 4.69) is 15.5 Å². The SMILES string of the molecule is Cc1noc(C23CNCCC2C3)n1.Cl. The van der Waals surface area contributed by atoms with E-state index in [9.17, 15) is 0 Å². The van der Waals surface area contributed by atoms with Gasteiger partial charge in [0.2, 0.25) is 5.89 Å². The van der Waals surface area contributed by atoms with Crippen molar-refractivity contribution >= 4 is 12.4 Å². The van der Waals surface area contributed by atoms with E-state index in [0.717, 1.165) is 30.7 Å². The van der Waals surface area contributed by atoms with E-state index < -0.39 is 0 Å². The van der Waals surface area contributed by atoms with Crippen molar-refractivity contribution in [3.63, 3.8) is 0 Å². The molecular weight excluding hydrogens is 202 g/mol. The van der Waals surface area contributed by atoms with Crippen molar-refractivity contribution in [2.24, 2.45) is 5.92 Å². The molecule has 2 fully saturated rings. The smallest absolute Gasteiger partial charge is 0.234 e. The highest BCUT2D eigenvalue weighted by molar-refractivity contribution is 5.85. The second-order valence-electron chi connectivity index (χ2n) is 4.17. The number of nitrogens with one attached hydrogen (secondary N) is 1. The fourth-order valence-corrected chi connectivity index (χ4v) is 2.40. The molecule has 1 aliphatic carbocycles. The second kappa shape index (κ2) is 3.21. The number of aryl methyl sites for hydroxylation is 1. The highest BCUT2D eigenvalue weighted by atomic mass is 35.5. The van der Waals surface area contributed by atoms with Gasteiger partial charge >= 0.3 is 0 Å². The predicted molar refractivity (Wildman–Crippen MR) is 53.6 cm³/mol. The maximum atomic E-state index is 5.25. The number of piperidine rings is 1. The lowest BCUT2D eigenvalue weighted by atomic mass is 9.99. The first kappa shape index (κ1) is 9.93. The molecule has 1 aliphatic heterocycles. The molecule has 2 atom stereocenters. The molecule has 0 bridgehead atoms. The van der Waals surface area contributed by atoms with Gasteiger partial charge in [0, 0.05) is 6.54 Å². The summed E-state index contributed by atoms with van der Waals surface area (Å²) >= 11 is 0. The Morgan fingerprint density at radius 1 is 1.57 bits per heavy atom. The van der Waals surface area contributed by atoms with E-state index in [1.54, 1.807) is 0 Å². The molecule has 0 amide bonds. The van der Waals surface area contributed by atoms with Gasteiger partial charge in [-0.15, -0.1) is 12.4 Å². The summed E-state index contributed by atoms with van der Waals surface area (Å²) in [6.07, 6.45) is 2.48. The monoisotopic (exact) mass is 215 g/mol. The lowest BCUT2D eigenvalue weighted by molar-refractivity contribution is 0.309. The van der Waals surface area contributed by atoms with Crippen molar-refractivity contribution in [1.29, 1.82) is 0 Å². The zero-order valence-electron chi connectivity index (χ0n) is 8.12. The van der Waals surface area contributed by atoms with E-state index in [1.165, 1.54) is 12.8 Å². The van der Waals surface area contributed by atoms with Crippen LogP contribution in [0.5, 0.6) is 0 Å². The Hall–Kier alpha value is -0.610. The molecule has 0 aromatic carbocycles. The molecule has 1 aromatic heterocycles. The molecule has 1 saturated carbocycles. The topological polar surface area (TPSA) is 51.0 Å². The van der Waals surface area contributed by atoms with Crippen LogP contribution in [0.1, 0.15) is 24.6 Å². The Labute approximate surface area is 88.9 Å². The lowest BCUT2D eigenvalue weighted by Crippen LogP contribution is -2.34. The molecule has 1 saturated heterocycles. The van der Waals surface area contributed by atoms with Gasteiger partial charge < -0.3 is 9.84 Å². The first-order chi connectivity index (χ1) is 6.31.